The van der Waals surface area contributed by atoms with Gasteiger partial charge in [-0.2, -0.15) is 4.98 Å². The van der Waals surface area contributed by atoms with Crippen LogP contribution in [0.5, 0.6) is 0 Å². The molecule has 18 heavy (non-hydrogen) atoms. The standard InChI is InChI=1S/C12H10FN3O2/c13-9-4-2-1-3-6(9)11-15-12(18-16-11)8-5-7(8)10(14)17/h1-4,7-8H,5H2,(H2,14,17)/t7-,8+/m1/s1. The third kappa shape index (κ3) is 1.75. The van der Waals surface area contributed by atoms with Gasteiger partial charge in [-0.15, -0.1) is 0 Å². The zero-order chi connectivity index (χ0) is 12.7. The number of aromatic nitrogens is 2. The third-order valence-electron chi connectivity index (χ3n) is 3.03. The smallest absolute Gasteiger partial charge is 0.230 e. The summed E-state index contributed by atoms with van der Waals surface area (Å²) in [6.07, 6.45) is 0.619. The van der Waals surface area contributed by atoms with Gasteiger partial charge in [0.2, 0.25) is 17.6 Å². The molecular formula is C12H10FN3O2. The average Bonchev–Trinajstić information content (AvgIpc) is 3.02. The predicted octanol–water partition coefficient (Wildman–Crippen LogP) is 1.46. The number of primary amides is 1. The molecule has 1 amide bonds. The van der Waals surface area contributed by atoms with Gasteiger partial charge in [0.05, 0.1) is 17.4 Å². The number of nitrogens with two attached hydrogens (primary N) is 1. The van der Waals surface area contributed by atoms with E-state index in [1.54, 1.807) is 18.2 Å². The van der Waals surface area contributed by atoms with Crippen molar-refractivity contribution in [2.75, 3.05) is 0 Å². The van der Waals surface area contributed by atoms with E-state index in [0.717, 1.165) is 0 Å². The van der Waals surface area contributed by atoms with Gasteiger partial charge in [0.1, 0.15) is 5.82 Å². The number of amides is 1. The summed E-state index contributed by atoms with van der Waals surface area (Å²) in [5.41, 5.74) is 5.46. The summed E-state index contributed by atoms with van der Waals surface area (Å²) in [6.45, 7) is 0. The van der Waals surface area contributed by atoms with Crippen molar-refractivity contribution in [3.05, 3.63) is 36.0 Å². The van der Waals surface area contributed by atoms with E-state index in [2.05, 4.69) is 10.1 Å². The highest BCUT2D eigenvalue weighted by Crippen LogP contribution is 2.46. The van der Waals surface area contributed by atoms with Crippen LogP contribution in [-0.2, 0) is 4.79 Å². The van der Waals surface area contributed by atoms with Crippen molar-refractivity contribution in [2.45, 2.75) is 12.3 Å². The third-order valence-corrected chi connectivity index (χ3v) is 3.03. The first kappa shape index (κ1) is 10.9. The zero-order valence-electron chi connectivity index (χ0n) is 9.34. The highest BCUT2D eigenvalue weighted by atomic mass is 19.1. The molecular weight excluding hydrogens is 237 g/mol. The van der Waals surface area contributed by atoms with E-state index in [-0.39, 0.29) is 29.1 Å². The molecule has 0 aliphatic heterocycles. The van der Waals surface area contributed by atoms with Crippen LogP contribution < -0.4 is 5.73 Å². The highest BCUT2D eigenvalue weighted by Gasteiger charge is 2.46. The lowest BCUT2D eigenvalue weighted by atomic mass is 10.2. The Morgan fingerprint density at radius 2 is 2.22 bits per heavy atom. The minimum absolute atomic E-state index is 0.115. The Kier molecular flexibility index (Phi) is 2.36. The first-order chi connectivity index (χ1) is 8.66. The first-order valence-electron chi connectivity index (χ1n) is 5.54. The van der Waals surface area contributed by atoms with E-state index in [0.29, 0.717) is 12.3 Å². The molecule has 0 unspecified atom stereocenters. The fourth-order valence-electron chi connectivity index (χ4n) is 1.92. The van der Waals surface area contributed by atoms with Crippen LogP contribution in [0.2, 0.25) is 0 Å². The van der Waals surface area contributed by atoms with Gasteiger partial charge in [0, 0.05) is 0 Å². The van der Waals surface area contributed by atoms with E-state index in [1.165, 1.54) is 6.07 Å². The van der Waals surface area contributed by atoms with Crippen LogP contribution in [0.4, 0.5) is 4.39 Å². The zero-order valence-corrected chi connectivity index (χ0v) is 9.34. The lowest BCUT2D eigenvalue weighted by Crippen LogP contribution is -2.13. The molecule has 2 aromatic rings. The van der Waals surface area contributed by atoms with Crippen LogP contribution in [0, 0.1) is 11.7 Å². The number of nitrogens with zero attached hydrogens (tertiary/aromatic N) is 2. The van der Waals surface area contributed by atoms with Gasteiger partial charge in [0.25, 0.3) is 0 Å². The Morgan fingerprint density at radius 3 is 2.89 bits per heavy atom. The van der Waals surface area contributed by atoms with Gasteiger partial charge in [-0.05, 0) is 18.6 Å². The summed E-state index contributed by atoms with van der Waals surface area (Å²) >= 11 is 0. The maximum atomic E-state index is 13.5. The molecule has 0 spiro atoms. The topological polar surface area (TPSA) is 82.0 Å². The van der Waals surface area contributed by atoms with Crippen molar-refractivity contribution in [1.82, 2.24) is 10.1 Å². The molecule has 92 valence electrons. The molecule has 0 saturated heterocycles. The maximum Gasteiger partial charge on any atom is 0.230 e. The van der Waals surface area contributed by atoms with Crippen molar-refractivity contribution in [3.8, 4) is 11.4 Å². The molecule has 1 aromatic carbocycles. The summed E-state index contributed by atoms with van der Waals surface area (Å²) in [7, 11) is 0. The second-order valence-electron chi connectivity index (χ2n) is 4.29. The molecule has 1 aromatic heterocycles. The fraction of sp³-hybridized carbons (Fsp3) is 0.250. The monoisotopic (exact) mass is 247 g/mol. The molecule has 0 radical (unpaired) electrons. The molecule has 2 N–H and O–H groups in total. The molecule has 1 heterocycles. The largest absolute Gasteiger partial charge is 0.369 e. The van der Waals surface area contributed by atoms with Gasteiger partial charge in [-0.3, -0.25) is 4.79 Å². The quantitative estimate of drug-likeness (QED) is 0.890. The van der Waals surface area contributed by atoms with Crippen LogP contribution >= 0.6 is 0 Å². The normalized spacial score (nSPS) is 21.8. The molecule has 1 aliphatic carbocycles. The number of hydrogen-bond donors (Lipinski definition) is 1. The SMILES string of the molecule is NC(=O)[C@@H]1C[C@@H]1c1nc(-c2ccccc2F)no1. The summed E-state index contributed by atoms with van der Waals surface area (Å²) < 4.78 is 18.6. The van der Waals surface area contributed by atoms with Crippen molar-refractivity contribution >= 4 is 5.91 Å². The highest BCUT2D eigenvalue weighted by molar-refractivity contribution is 5.80. The second-order valence-corrected chi connectivity index (χ2v) is 4.29. The Balaban J connectivity index is 1.87. The summed E-state index contributed by atoms with van der Waals surface area (Å²) in [5.74, 6) is -0.595. The molecule has 1 aliphatic rings. The first-order valence-corrected chi connectivity index (χ1v) is 5.54. The average molecular weight is 247 g/mol. The molecule has 5 nitrogen and oxygen atoms in total. The summed E-state index contributed by atoms with van der Waals surface area (Å²) in [4.78, 5) is 15.1. The predicted molar refractivity (Wildman–Crippen MR) is 59.7 cm³/mol. The Morgan fingerprint density at radius 1 is 1.44 bits per heavy atom. The van der Waals surface area contributed by atoms with Gasteiger partial charge in [-0.25, -0.2) is 4.39 Å². The van der Waals surface area contributed by atoms with E-state index in [4.69, 9.17) is 10.3 Å². The van der Waals surface area contributed by atoms with Crippen molar-refractivity contribution in [2.24, 2.45) is 11.7 Å². The molecule has 3 rings (SSSR count). The molecule has 0 bridgehead atoms. The molecule has 2 atom stereocenters. The van der Waals surface area contributed by atoms with Crippen molar-refractivity contribution in [1.29, 1.82) is 0 Å². The van der Waals surface area contributed by atoms with E-state index >= 15 is 0 Å². The van der Waals surface area contributed by atoms with E-state index in [1.807, 2.05) is 0 Å². The van der Waals surface area contributed by atoms with Crippen molar-refractivity contribution < 1.29 is 13.7 Å². The number of carbonyl (C=O) groups is 1. The summed E-state index contributed by atoms with van der Waals surface area (Å²) in [5, 5.41) is 3.72. The van der Waals surface area contributed by atoms with Gasteiger partial charge >= 0.3 is 0 Å². The van der Waals surface area contributed by atoms with E-state index < -0.39 is 5.82 Å². The van der Waals surface area contributed by atoms with Crippen LogP contribution in [0.15, 0.2) is 28.8 Å². The van der Waals surface area contributed by atoms with Gasteiger partial charge < -0.3 is 10.3 Å². The van der Waals surface area contributed by atoms with Crippen LogP contribution in [0.1, 0.15) is 18.2 Å². The lowest BCUT2D eigenvalue weighted by Gasteiger charge is -1.94. The lowest BCUT2D eigenvalue weighted by molar-refractivity contribution is -0.119. The van der Waals surface area contributed by atoms with Gasteiger partial charge in [-0.1, -0.05) is 17.3 Å². The molecule has 6 heteroatoms. The number of hydrogen-bond acceptors (Lipinski definition) is 4. The Bertz CT molecular complexity index is 611. The van der Waals surface area contributed by atoms with Crippen LogP contribution in [-0.4, -0.2) is 16.0 Å². The van der Waals surface area contributed by atoms with Crippen LogP contribution in [0.3, 0.4) is 0 Å². The number of benzene rings is 1. The van der Waals surface area contributed by atoms with Crippen molar-refractivity contribution in [3.63, 3.8) is 0 Å². The minimum atomic E-state index is -0.410. The summed E-state index contributed by atoms with van der Waals surface area (Å²) in [6, 6.07) is 6.18. The Labute approximate surface area is 102 Å². The maximum absolute atomic E-state index is 13.5. The fourth-order valence-corrected chi connectivity index (χ4v) is 1.92. The number of halogens is 1. The number of carbonyl (C=O) groups excluding carboxylic acids is 1. The molecule has 1 fully saturated rings. The van der Waals surface area contributed by atoms with Crippen LogP contribution in [0.25, 0.3) is 11.4 Å². The number of rotatable bonds is 3. The Hall–Kier alpha value is -2.24. The van der Waals surface area contributed by atoms with E-state index in [9.17, 15) is 9.18 Å². The minimum Gasteiger partial charge on any atom is -0.369 e. The molecule has 1 saturated carbocycles. The van der Waals surface area contributed by atoms with Gasteiger partial charge in [0.15, 0.2) is 0 Å². The second kappa shape index (κ2) is 3.90.